The van der Waals surface area contributed by atoms with Crippen LogP contribution >= 0.6 is 22.6 Å². The first kappa shape index (κ1) is 29.5. The van der Waals surface area contributed by atoms with Crippen molar-refractivity contribution in [1.29, 1.82) is 0 Å². The first-order valence-electron chi connectivity index (χ1n) is 14.8. The number of para-hydroxylation sites is 1. The largest absolute Gasteiger partial charge is 0.493 e. The van der Waals surface area contributed by atoms with E-state index in [9.17, 15) is 9.59 Å². The normalized spacial score (nSPS) is 23.6. The Morgan fingerprint density at radius 2 is 1.51 bits per heavy atom. The molecule has 4 bridgehead atoms. The van der Waals surface area contributed by atoms with E-state index in [2.05, 4.69) is 50.6 Å². The van der Waals surface area contributed by atoms with Crippen molar-refractivity contribution in [1.82, 2.24) is 5.43 Å². The van der Waals surface area contributed by atoms with Crippen molar-refractivity contribution >= 4 is 46.3 Å². The van der Waals surface area contributed by atoms with Crippen molar-refractivity contribution in [3.8, 4) is 17.2 Å². The molecule has 4 aliphatic carbocycles. The molecule has 224 valence electrons. The molecule has 4 saturated carbocycles. The molecule has 4 aliphatic rings. The van der Waals surface area contributed by atoms with Gasteiger partial charge in [-0.2, -0.15) is 5.10 Å². The molecule has 4 fully saturated rings. The van der Waals surface area contributed by atoms with Gasteiger partial charge in [-0.3, -0.25) is 9.59 Å². The second kappa shape index (κ2) is 13.0. The summed E-state index contributed by atoms with van der Waals surface area (Å²) in [6, 6.07) is 21.1. The summed E-state index contributed by atoms with van der Waals surface area (Å²) >= 11 is 2.15. The number of hydrogen-bond donors (Lipinski definition) is 2. The molecule has 7 rings (SSSR count). The number of nitrogens with one attached hydrogen (secondary N) is 2. The lowest BCUT2D eigenvalue weighted by atomic mass is 9.48. The minimum Gasteiger partial charge on any atom is -0.493 e. The van der Waals surface area contributed by atoms with E-state index >= 15 is 0 Å². The Kier molecular flexibility index (Phi) is 8.88. The lowest BCUT2D eigenvalue weighted by molar-refractivity contribution is -0.123. The number of carbonyl (C=O) groups is 2. The second-order valence-corrected chi connectivity index (χ2v) is 13.2. The summed E-state index contributed by atoms with van der Waals surface area (Å²) < 4.78 is 17.7. The van der Waals surface area contributed by atoms with Gasteiger partial charge in [0.25, 0.3) is 11.8 Å². The van der Waals surface area contributed by atoms with Gasteiger partial charge in [-0.1, -0.05) is 24.3 Å². The maximum atomic E-state index is 12.7. The SMILES string of the molecule is COc1cc(/C=N/NC(=O)COc2ccccc2I)ccc1OCC(=O)Nc1ccc(C23CC4CC(CC(C4)C2)C3)cc1. The van der Waals surface area contributed by atoms with Gasteiger partial charge < -0.3 is 19.5 Å². The van der Waals surface area contributed by atoms with E-state index in [0.717, 1.165) is 27.0 Å². The Bertz CT molecular complexity index is 1470. The Hall–Kier alpha value is -3.60. The van der Waals surface area contributed by atoms with Crippen LogP contribution in [-0.4, -0.2) is 38.4 Å². The highest BCUT2D eigenvalue weighted by molar-refractivity contribution is 14.1. The van der Waals surface area contributed by atoms with Crippen molar-refractivity contribution in [3.63, 3.8) is 0 Å². The van der Waals surface area contributed by atoms with E-state index in [1.807, 2.05) is 30.3 Å². The number of hydrazone groups is 1. The zero-order chi connectivity index (χ0) is 29.8. The molecule has 0 saturated heterocycles. The number of anilines is 1. The maximum Gasteiger partial charge on any atom is 0.277 e. The van der Waals surface area contributed by atoms with Crippen LogP contribution in [0.15, 0.2) is 71.8 Å². The maximum absolute atomic E-state index is 12.7. The lowest BCUT2D eigenvalue weighted by Gasteiger charge is -2.57. The predicted octanol–water partition coefficient (Wildman–Crippen LogP) is 6.31. The highest BCUT2D eigenvalue weighted by atomic mass is 127. The first-order chi connectivity index (χ1) is 20.9. The van der Waals surface area contributed by atoms with Crippen molar-refractivity contribution in [2.24, 2.45) is 22.9 Å². The van der Waals surface area contributed by atoms with Crippen LogP contribution in [0.4, 0.5) is 5.69 Å². The van der Waals surface area contributed by atoms with Gasteiger partial charge in [0.05, 0.1) is 16.9 Å². The quantitative estimate of drug-likeness (QED) is 0.139. The summed E-state index contributed by atoms with van der Waals surface area (Å²) in [6.07, 6.45) is 9.75. The first-order valence-corrected chi connectivity index (χ1v) is 15.9. The molecule has 0 radical (unpaired) electrons. The van der Waals surface area contributed by atoms with Crippen molar-refractivity contribution < 1.29 is 23.8 Å². The third-order valence-corrected chi connectivity index (χ3v) is 9.86. The van der Waals surface area contributed by atoms with Gasteiger partial charge in [-0.15, -0.1) is 0 Å². The molecule has 0 aliphatic heterocycles. The zero-order valence-corrected chi connectivity index (χ0v) is 26.3. The Balaban J connectivity index is 0.977. The molecular formula is C34H36IN3O5. The van der Waals surface area contributed by atoms with Crippen LogP contribution in [0.5, 0.6) is 17.2 Å². The number of amides is 2. The van der Waals surface area contributed by atoms with Crippen LogP contribution in [0.25, 0.3) is 0 Å². The van der Waals surface area contributed by atoms with Gasteiger partial charge in [-0.05, 0) is 138 Å². The molecular weight excluding hydrogens is 657 g/mol. The monoisotopic (exact) mass is 693 g/mol. The summed E-state index contributed by atoms with van der Waals surface area (Å²) in [5.74, 6) is 3.60. The smallest absolute Gasteiger partial charge is 0.277 e. The van der Waals surface area contributed by atoms with Gasteiger partial charge in [0, 0.05) is 5.69 Å². The highest BCUT2D eigenvalue weighted by Crippen LogP contribution is 2.60. The third kappa shape index (κ3) is 6.98. The van der Waals surface area contributed by atoms with Crippen molar-refractivity contribution in [2.45, 2.75) is 43.9 Å². The van der Waals surface area contributed by atoms with Crippen molar-refractivity contribution in [3.05, 3.63) is 81.4 Å². The summed E-state index contributed by atoms with van der Waals surface area (Å²) in [5.41, 5.74) is 5.68. The third-order valence-electron chi connectivity index (χ3n) is 8.96. The number of ether oxygens (including phenoxy) is 3. The molecule has 0 atom stereocenters. The molecule has 9 heteroatoms. The van der Waals surface area contributed by atoms with Crippen LogP contribution in [0.3, 0.4) is 0 Å². The number of benzene rings is 3. The fraction of sp³-hybridized carbons (Fsp3) is 0.382. The fourth-order valence-electron chi connectivity index (χ4n) is 7.51. The number of rotatable bonds is 11. The number of methoxy groups -OCH3 is 1. The average Bonchev–Trinajstić information content (AvgIpc) is 2.99. The van der Waals surface area contributed by atoms with Crippen LogP contribution in [-0.2, 0) is 15.0 Å². The van der Waals surface area contributed by atoms with Gasteiger partial charge >= 0.3 is 0 Å². The highest BCUT2D eigenvalue weighted by Gasteiger charge is 2.51. The summed E-state index contributed by atoms with van der Waals surface area (Å²) in [7, 11) is 1.53. The Morgan fingerprint density at radius 1 is 0.860 bits per heavy atom. The summed E-state index contributed by atoms with van der Waals surface area (Å²) in [5, 5.41) is 6.94. The van der Waals surface area contributed by atoms with E-state index in [0.29, 0.717) is 28.2 Å². The molecule has 0 aromatic heterocycles. The van der Waals surface area contributed by atoms with Gasteiger partial charge in [0.2, 0.25) is 0 Å². The fourth-order valence-corrected chi connectivity index (χ4v) is 8.05. The minimum atomic E-state index is -0.378. The molecule has 3 aromatic rings. The van der Waals surface area contributed by atoms with Crippen LogP contribution in [0, 0.1) is 21.3 Å². The molecule has 2 N–H and O–H groups in total. The topological polar surface area (TPSA) is 98.2 Å². The van der Waals surface area contributed by atoms with Crippen LogP contribution in [0.1, 0.15) is 49.7 Å². The van der Waals surface area contributed by atoms with Gasteiger partial charge in [0.1, 0.15) is 5.75 Å². The number of halogens is 1. The summed E-state index contributed by atoms with van der Waals surface area (Å²) in [4.78, 5) is 24.8. The van der Waals surface area contributed by atoms with E-state index in [-0.39, 0.29) is 25.0 Å². The minimum absolute atomic E-state index is 0.151. The second-order valence-electron chi connectivity index (χ2n) is 12.0. The molecule has 8 nitrogen and oxygen atoms in total. The summed E-state index contributed by atoms with van der Waals surface area (Å²) in [6.45, 7) is -0.307. The zero-order valence-electron chi connectivity index (χ0n) is 24.2. The van der Waals surface area contributed by atoms with Crippen molar-refractivity contribution in [2.75, 3.05) is 25.6 Å². The lowest BCUT2D eigenvalue weighted by Crippen LogP contribution is -2.48. The standard InChI is InChI=1S/C34H36IN3O5/c1-41-31-15-22(19-36-38-33(40)21-42-29-5-3-2-4-28(29)35)6-11-30(31)43-20-32(39)37-27-9-7-26(8-10-27)34-16-23-12-24(17-34)14-25(13-23)18-34/h2-11,15,19,23-25H,12-14,16-18,20-21H2,1H3,(H,37,39)(H,38,40)/b36-19+. The van der Waals surface area contributed by atoms with E-state index in [1.165, 1.54) is 57.4 Å². The molecule has 0 spiro atoms. The molecule has 0 heterocycles. The van der Waals surface area contributed by atoms with Crippen LogP contribution < -0.4 is 25.0 Å². The van der Waals surface area contributed by atoms with E-state index in [1.54, 1.807) is 24.3 Å². The molecule has 3 aromatic carbocycles. The van der Waals surface area contributed by atoms with E-state index < -0.39 is 0 Å². The van der Waals surface area contributed by atoms with Gasteiger partial charge in [0.15, 0.2) is 24.7 Å². The van der Waals surface area contributed by atoms with E-state index in [4.69, 9.17) is 14.2 Å². The Morgan fingerprint density at radius 3 is 2.19 bits per heavy atom. The molecule has 0 unspecified atom stereocenters. The number of hydrogen-bond acceptors (Lipinski definition) is 6. The number of nitrogens with zero attached hydrogens (tertiary/aromatic N) is 1. The predicted molar refractivity (Wildman–Crippen MR) is 174 cm³/mol. The average molecular weight is 694 g/mol. The Labute approximate surface area is 265 Å². The molecule has 2 amide bonds. The van der Waals surface area contributed by atoms with Gasteiger partial charge in [-0.25, -0.2) is 5.43 Å². The van der Waals surface area contributed by atoms with Crippen LogP contribution in [0.2, 0.25) is 0 Å². The molecule has 43 heavy (non-hydrogen) atoms. The number of carbonyl (C=O) groups excluding carboxylic acids is 2.